The topological polar surface area (TPSA) is 42.0 Å². The summed E-state index contributed by atoms with van der Waals surface area (Å²) in [5.41, 5.74) is 1.46. The summed E-state index contributed by atoms with van der Waals surface area (Å²) in [5, 5.41) is 4.86. The molecular weight excluding hydrogens is 303 g/mol. The maximum absolute atomic E-state index is 13.1. The number of rotatable bonds is 4. The Hall–Kier alpha value is -2.75. The summed E-state index contributed by atoms with van der Waals surface area (Å²) < 4.78 is 13.1. The highest BCUT2D eigenvalue weighted by atomic mass is 19.1. The third-order valence-electron chi connectivity index (χ3n) is 4.79. The standard InChI is InChI=1S/C20H17FN2O/c21-16-7-5-15(6-8-16)20(10-11-20)13-23-19(24)18-17-4-2-1-3-14(17)9-12-22-18/h1-9,12H,10-11,13H2,(H,23,24). The minimum Gasteiger partial charge on any atom is -0.350 e. The predicted molar refractivity (Wildman–Crippen MR) is 91.4 cm³/mol. The van der Waals surface area contributed by atoms with E-state index in [1.165, 1.54) is 12.1 Å². The Morgan fingerprint density at radius 1 is 1.08 bits per heavy atom. The van der Waals surface area contributed by atoms with E-state index < -0.39 is 0 Å². The lowest BCUT2D eigenvalue weighted by Gasteiger charge is -2.17. The maximum atomic E-state index is 13.1. The largest absolute Gasteiger partial charge is 0.350 e. The van der Waals surface area contributed by atoms with E-state index in [4.69, 9.17) is 0 Å². The molecule has 1 fully saturated rings. The Labute approximate surface area is 139 Å². The van der Waals surface area contributed by atoms with Crippen LogP contribution in [-0.2, 0) is 5.41 Å². The number of pyridine rings is 1. The van der Waals surface area contributed by atoms with Gasteiger partial charge in [-0.05, 0) is 42.0 Å². The van der Waals surface area contributed by atoms with E-state index in [2.05, 4.69) is 10.3 Å². The quantitative estimate of drug-likeness (QED) is 0.794. The van der Waals surface area contributed by atoms with Gasteiger partial charge in [0.1, 0.15) is 11.5 Å². The number of carbonyl (C=O) groups is 1. The number of halogens is 1. The Balaban J connectivity index is 1.53. The molecule has 0 radical (unpaired) electrons. The highest BCUT2D eigenvalue weighted by Crippen LogP contribution is 2.47. The number of amides is 1. The second-order valence-corrected chi connectivity index (χ2v) is 6.35. The minimum absolute atomic E-state index is 0.0616. The molecular formula is C20H17FN2O. The Morgan fingerprint density at radius 2 is 1.83 bits per heavy atom. The molecule has 1 N–H and O–H groups in total. The summed E-state index contributed by atoms with van der Waals surface area (Å²) in [5.74, 6) is -0.404. The first-order valence-corrected chi connectivity index (χ1v) is 8.06. The zero-order chi connectivity index (χ0) is 16.6. The van der Waals surface area contributed by atoms with Crippen LogP contribution in [0.25, 0.3) is 10.8 Å². The van der Waals surface area contributed by atoms with Crippen molar-refractivity contribution in [2.75, 3.05) is 6.54 Å². The molecule has 24 heavy (non-hydrogen) atoms. The van der Waals surface area contributed by atoms with Crippen LogP contribution in [0.4, 0.5) is 4.39 Å². The Kier molecular flexibility index (Phi) is 3.53. The normalized spacial score (nSPS) is 15.2. The number of fused-ring (bicyclic) bond motifs is 1. The van der Waals surface area contributed by atoms with E-state index in [1.54, 1.807) is 6.20 Å². The number of hydrogen-bond donors (Lipinski definition) is 1. The molecule has 0 aliphatic heterocycles. The molecule has 1 heterocycles. The van der Waals surface area contributed by atoms with Crippen LogP contribution in [0.3, 0.4) is 0 Å². The average Bonchev–Trinajstić information content (AvgIpc) is 3.41. The second-order valence-electron chi connectivity index (χ2n) is 6.35. The highest BCUT2D eigenvalue weighted by molar-refractivity contribution is 6.05. The molecule has 120 valence electrons. The van der Waals surface area contributed by atoms with Crippen molar-refractivity contribution in [1.82, 2.24) is 10.3 Å². The third-order valence-corrected chi connectivity index (χ3v) is 4.79. The number of benzene rings is 2. The molecule has 1 saturated carbocycles. The monoisotopic (exact) mass is 320 g/mol. The third kappa shape index (κ3) is 2.64. The SMILES string of the molecule is O=C(NCC1(c2ccc(F)cc2)CC1)c1nccc2ccccc12. The van der Waals surface area contributed by atoms with Crippen molar-refractivity contribution in [2.24, 2.45) is 0 Å². The predicted octanol–water partition coefficient (Wildman–Crippen LogP) is 3.84. The molecule has 0 spiro atoms. The van der Waals surface area contributed by atoms with Gasteiger partial charge in [-0.1, -0.05) is 36.4 Å². The van der Waals surface area contributed by atoms with Gasteiger partial charge < -0.3 is 5.32 Å². The van der Waals surface area contributed by atoms with Crippen LogP contribution in [0.15, 0.2) is 60.8 Å². The summed E-state index contributed by atoms with van der Waals surface area (Å²) in [6.45, 7) is 0.544. The zero-order valence-electron chi connectivity index (χ0n) is 13.1. The molecule has 1 amide bonds. The van der Waals surface area contributed by atoms with E-state index in [9.17, 15) is 9.18 Å². The summed E-state index contributed by atoms with van der Waals surface area (Å²) in [6, 6.07) is 16.2. The van der Waals surface area contributed by atoms with E-state index in [0.717, 1.165) is 29.2 Å². The number of aromatic nitrogens is 1. The molecule has 2 aromatic carbocycles. The maximum Gasteiger partial charge on any atom is 0.270 e. The first-order chi connectivity index (χ1) is 11.7. The summed E-state index contributed by atoms with van der Waals surface area (Å²) in [4.78, 5) is 16.8. The number of nitrogens with one attached hydrogen (secondary N) is 1. The van der Waals surface area contributed by atoms with E-state index in [0.29, 0.717) is 12.2 Å². The molecule has 4 rings (SSSR count). The lowest BCUT2D eigenvalue weighted by atomic mass is 9.96. The van der Waals surface area contributed by atoms with Crippen molar-refractivity contribution in [1.29, 1.82) is 0 Å². The first kappa shape index (κ1) is 14.8. The van der Waals surface area contributed by atoms with Gasteiger partial charge in [-0.2, -0.15) is 0 Å². The number of hydrogen-bond acceptors (Lipinski definition) is 2. The molecule has 0 atom stereocenters. The molecule has 3 nitrogen and oxygen atoms in total. The summed E-state index contributed by atoms with van der Waals surface area (Å²) in [6.07, 6.45) is 3.66. The smallest absolute Gasteiger partial charge is 0.270 e. The molecule has 1 aromatic heterocycles. The van der Waals surface area contributed by atoms with Gasteiger partial charge in [0.25, 0.3) is 5.91 Å². The fourth-order valence-electron chi connectivity index (χ4n) is 3.16. The number of carbonyl (C=O) groups excluding carboxylic acids is 1. The van der Waals surface area contributed by atoms with Gasteiger partial charge in [-0.15, -0.1) is 0 Å². The fraction of sp³-hybridized carbons (Fsp3) is 0.200. The van der Waals surface area contributed by atoms with E-state index in [-0.39, 0.29) is 17.1 Å². The van der Waals surface area contributed by atoms with Gasteiger partial charge in [-0.3, -0.25) is 9.78 Å². The van der Waals surface area contributed by atoms with Crippen LogP contribution >= 0.6 is 0 Å². The van der Waals surface area contributed by atoms with Crippen molar-refractivity contribution >= 4 is 16.7 Å². The van der Waals surface area contributed by atoms with Crippen molar-refractivity contribution < 1.29 is 9.18 Å². The van der Waals surface area contributed by atoms with Gasteiger partial charge in [0.05, 0.1) is 0 Å². The minimum atomic E-state index is -0.237. The average molecular weight is 320 g/mol. The van der Waals surface area contributed by atoms with Crippen LogP contribution < -0.4 is 5.32 Å². The van der Waals surface area contributed by atoms with E-state index in [1.807, 2.05) is 42.5 Å². The van der Waals surface area contributed by atoms with Gasteiger partial charge >= 0.3 is 0 Å². The van der Waals surface area contributed by atoms with Crippen molar-refractivity contribution in [3.63, 3.8) is 0 Å². The lowest BCUT2D eigenvalue weighted by molar-refractivity contribution is 0.0946. The zero-order valence-corrected chi connectivity index (χ0v) is 13.1. The molecule has 1 aliphatic carbocycles. The molecule has 1 aliphatic rings. The molecule has 0 unspecified atom stereocenters. The summed E-state index contributed by atoms with van der Waals surface area (Å²) in [7, 11) is 0. The first-order valence-electron chi connectivity index (χ1n) is 8.06. The van der Waals surface area contributed by atoms with Crippen molar-refractivity contribution in [3.05, 3.63) is 77.9 Å². The van der Waals surface area contributed by atoms with Gasteiger partial charge in [0.2, 0.25) is 0 Å². The van der Waals surface area contributed by atoms with E-state index >= 15 is 0 Å². The van der Waals surface area contributed by atoms with Gasteiger partial charge in [-0.25, -0.2) is 4.39 Å². The molecule has 0 saturated heterocycles. The van der Waals surface area contributed by atoms with Crippen LogP contribution in [0, 0.1) is 5.82 Å². The van der Waals surface area contributed by atoms with Crippen LogP contribution in [-0.4, -0.2) is 17.4 Å². The Bertz CT molecular complexity index is 896. The molecule has 4 heteroatoms. The number of nitrogens with zero attached hydrogens (tertiary/aromatic N) is 1. The van der Waals surface area contributed by atoms with Gasteiger partial charge in [0.15, 0.2) is 0 Å². The van der Waals surface area contributed by atoms with Crippen molar-refractivity contribution in [3.8, 4) is 0 Å². The fourth-order valence-corrected chi connectivity index (χ4v) is 3.16. The van der Waals surface area contributed by atoms with Crippen molar-refractivity contribution in [2.45, 2.75) is 18.3 Å². The second kappa shape index (κ2) is 5.71. The van der Waals surface area contributed by atoms with Crippen LogP contribution in [0.2, 0.25) is 0 Å². The van der Waals surface area contributed by atoms with Crippen LogP contribution in [0.1, 0.15) is 28.9 Å². The van der Waals surface area contributed by atoms with Crippen LogP contribution in [0.5, 0.6) is 0 Å². The molecule has 3 aromatic rings. The summed E-state index contributed by atoms with van der Waals surface area (Å²) >= 11 is 0. The lowest BCUT2D eigenvalue weighted by Crippen LogP contribution is -2.32. The highest BCUT2D eigenvalue weighted by Gasteiger charge is 2.44. The van der Waals surface area contributed by atoms with Gasteiger partial charge in [0, 0.05) is 23.5 Å². The Morgan fingerprint density at radius 3 is 2.58 bits per heavy atom. The molecule has 0 bridgehead atoms.